The third-order valence-electron chi connectivity index (χ3n) is 3.80. The van der Waals surface area contributed by atoms with Crippen molar-refractivity contribution < 1.29 is 8.42 Å². The Morgan fingerprint density at radius 2 is 2.11 bits per heavy atom. The molecule has 2 aliphatic rings. The molecule has 5 heteroatoms. The molecule has 2 rings (SSSR count). The van der Waals surface area contributed by atoms with Gasteiger partial charge in [0.1, 0.15) is 0 Å². The molecule has 0 spiro atoms. The first-order valence-corrected chi connectivity index (χ1v) is 8.67. The highest BCUT2D eigenvalue weighted by Gasteiger charge is 2.21. The Morgan fingerprint density at radius 3 is 2.78 bits per heavy atom. The Labute approximate surface area is 110 Å². The molecule has 2 atom stereocenters. The van der Waals surface area contributed by atoms with Gasteiger partial charge in [-0.25, -0.2) is 13.1 Å². The summed E-state index contributed by atoms with van der Waals surface area (Å²) in [4.78, 5) is 0. The quantitative estimate of drug-likeness (QED) is 0.744. The molecule has 104 valence electrons. The van der Waals surface area contributed by atoms with E-state index in [1.165, 1.54) is 6.42 Å². The summed E-state index contributed by atoms with van der Waals surface area (Å²) < 4.78 is 26.7. The normalized spacial score (nSPS) is 29.3. The van der Waals surface area contributed by atoms with E-state index in [4.69, 9.17) is 0 Å². The van der Waals surface area contributed by atoms with Crippen LogP contribution in [-0.2, 0) is 10.0 Å². The topological polar surface area (TPSA) is 58.2 Å². The molecule has 18 heavy (non-hydrogen) atoms. The van der Waals surface area contributed by atoms with Crippen molar-refractivity contribution in [1.29, 1.82) is 0 Å². The molecule has 1 aliphatic carbocycles. The van der Waals surface area contributed by atoms with Crippen molar-refractivity contribution in [3.63, 3.8) is 0 Å². The van der Waals surface area contributed by atoms with Crippen LogP contribution < -0.4 is 10.0 Å². The number of nitrogens with one attached hydrogen (secondary N) is 2. The fourth-order valence-corrected chi connectivity index (χ4v) is 4.10. The average Bonchev–Trinajstić information content (AvgIpc) is 2.38. The zero-order chi connectivity index (χ0) is 12.8. The molecule has 0 aromatic carbocycles. The van der Waals surface area contributed by atoms with Gasteiger partial charge >= 0.3 is 0 Å². The van der Waals surface area contributed by atoms with E-state index < -0.39 is 10.0 Å². The van der Waals surface area contributed by atoms with Crippen LogP contribution in [0.15, 0.2) is 12.2 Å². The largest absolute Gasteiger partial charge is 0.313 e. The molecule has 0 bridgehead atoms. The SMILES string of the molecule is O=S(=O)(CC1CCCCN1)NCC1CC=CCC1. The van der Waals surface area contributed by atoms with Gasteiger partial charge < -0.3 is 5.32 Å². The zero-order valence-corrected chi connectivity index (χ0v) is 11.7. The first-order chi connectivity index (χ1) is 8.66. The fourth-order valence-electron chi connectivity index (χ4n) is 2.68. The molecule has 1 fully saturated rings. The summed E-state index contributed by atoms with van der Waals surface area (Å²) in [6, 6.07) is 0.141. The van der Waals surface area contributed by atoms with Crippen molar-refractivity contribution in [3.8, 4) is 0 Å². The number of hydrogen-bond acceptors (Lipinski definition) is 3. The Bertz CT molecular complexity index is 372. The van der Waals surface area contributed by atoms with Gasteiger partial charge in [-0.15, -0.1) is 0 Å². The maximum atomic E-state index is 12.0. The van der Waals surface area contributed by atoms with Crippen LogP contribution in [0.4, 0.5) is 0 Å². The monoisotopic (exact) mass is 272 g/mol. The molecule has 1 heterocycles. The molecule has 2 N–H and O–H groups in total. The minimum Gasteiger partial charge on any atom is -0.313 e. The van der Waals surface area contributed by atoms with Crippen molar-refractivity contribution >= 4 is 10.0 Å². The molecule has 0 radical (unpaired) electrons. The summed E-state index contributed by atoms with van der Waals surface area (Å²) >= 11 is 0. The lowest BCUT2D eigenvalue weighted by atomic mass is 9.95. The molecule has 4 nitrogen and oxygen atoms in total. The van der Waals surface area contributed by atoms with Crippen LogP contribution in [0.25, 0.3) is 0 Å². The standard InChI is InChI=1S/C13H24N2O2S/c16-18(17,11-13-8-4-5-9-14-13)15-10-12-6-2-1-3-7-12/h1-2,12-15H,3-11H2. The van der Waals surface area contributed by atoms with E-state index in [-0.39, 0.29) is 11.8 Å². The van der Waals surface area contributed by atoms with Crippen LogP contribution in [0.2, 0.25) is 0 Å². The van der Waals surface area contributed by atoms with Crippen LogP contribution in [0.5, 0.6) is 0 Å². The first kappa shape index (κ1) is 14.0. The Hall–Kier alpha value is -0.390. The number of piperidine rings is 1. The Balaban J connectivity index is 1.74. The van der Waals surface area contributed by atoms with E-state index in [1.54, 1.807) is 0 Å². The van der Waals surface area contributed by atoms with Gasteiger partial charge in [0.05, 0.1) is 5.75 Å². The van der Waals surface area contributed by atoms with E-state index in [2.05, 4.69) is 22.2 Å². The minimum absolute atomic E-state index is 0.141. The second-order valence-corrected chi connectivity index (χ2v) is 7.28. The Morgan fingerprint density at radius 1 is 1.22 bits per heavy atom. The molecular formula is C13H24N2O2S. The molecule has 0 amide bonds. The molecule has 0 aromatic rings. The summed E-state index contributed by atoms with van der Waals surface area (Å²) in [5.74, 6) is 0.708. The fraction of sp³-hybridized carbons (Fsp3) is 0.846. The highest BCUT2D eigenvalue weighted by atomic mass is 32.2. The molecule has 1 saturated heterocycles. The number of sulfonamides is 1. The van der Waals surface area contributed by atoms with E-state index in [0.29, 0.717) is 12.5 Å². The first-order valence-electron chi connectivity index (χ1n) is 7.01. The molecule has 0 saturated carbocycles. The molecule has 1 aliphatic heterocycles. The van der Waals surface area contributed by atoms with Gasteiger partial charge in [0.2, 0.25) is 10.0 Å². The number of allylic oxidation sites excluding steroid dienone is 2. The van der Waals surface area contributed by atoms with Crippen molar-refractivity contribution in [1.82, 2.24) is 10.0 Å². The van der Waals surface area contributed by atoms with Gasteiger partial charge in [-0.2, -0.15) is 0 Å². The van der Waals surface area contributed by atoms with E-state index >= 15 is 0 Å². The summed E-state index contributed by atoms with van der Waals surface area (Å²) in [5.41, 5.74) is 0. The predicted molar refractivity (Wildman–Crippen MR) is 73.9 cm³/mol. The second-order valence-electron chi connectivity index (χ2n) is 5.43. The zero-order valence-electron chi connectivity index (χ0n) is 10.9. The van der Waals surface area contributed by atoms with E-state index in [1.807, 2.05) is 0 Å². The van der Waals surface area contributed by atoms with Gasteiger partial charge in [-0.05, 0) is 44.6 Å². The highest BCUT2D eigenvalue weighted by Crippen LogP contribution is 2.17. The van der Waals surface area contributed by atoms with Gasteiger partial charge in [0, 0.05) is 12.6 Å². The van der Waals surface area contributed by atoms with Crippen LogP contribution in [0, 0.1) is 5.92 Å². The van der Waals surface area contributed by atoms with Gasteiger partial charge in [0.25, 0.3) is 0 Å². The summed E-state index contributed by atoms with van der Waals surface area (Å²) in [6.07, 6.45) is 10.8. The van der Waals surface area contributed by atoms with Crippen molar-refractivity contribution in [2.24, 2.45) is 5.92 Å². The second kappa shape index (κ2) is 6.68. The van der Waals surface area contributed by atoms with Gasteiger partial charge in [-0.1, -0.05) is 18.6 Å². The molecular weight excluding hydrogens is 248 g/mol. The van der Waals surface area contributed by atoms with E-state index in [9.17, 15) is 8.42 Å². The van der Waals surface area contributed by atoms with Crippen LogP contribution >= 0.6 is 0 Å². The number of rotatable bonds is 5. The predicted octanol–water partition coefficient (Wildman–Crippen LogP) is 1.40. The van der Waals surface area contributed by atoms with Crippen LogP contribution in [-0.4, -0.2) is 33.3 Å². The Kier molecular flexibility index (Phi) is 5.21. The van der Waals surface area contributed by atoms with Crippen LogP contribution in [0.3, 0.4) is 0 Å². The third kappa shape index (κ3) is 4.71. The van der Waals surface area contributed by atoms with Crippen molar-refractivity contribution in [2.75, 3.05) is 18.8 Å². The van der Waals surface area contributed by atoms with Gasteiger partial charge in [-0.3, -0.25) is 0 Å². The van der Waals surface area contributed by atoms with E-state index in [0.717, 1.165) is 38.6 Å². The lowest BCUT2D eigenvalue weighted by Crippen LogP contribution is -2.43. The average molecular weight is 272 g/mol. The third-order valence-corrected chi connectivity index (χ3v) is 5.25. The minimum atomic E-state index is -3.12. The summed E-state index contributed by atoms with van der Waals surface area (Å²) in [6.45, 7) is 1.55. The van der Waals surface area contributed by atoms with Crippen LogP contribution in [0.1, 0.15) is 38.5 Å². The maximum Gasteiger partial charge on any atom is 0.213 e. The molecule has 2 unspecified atom stereocenters. The van der Waals surface area contributed by atoms with Crippen molar-refractivity contribution in [3.05, 3.63) is 12.2 Å². The lowest BCUT2D eigenvalue weighted by Gasteiger charge is -2.24. The summed E-state index contributed by atoms with van der Waals surface area (Å²) in [7, 11) is -3.12. The van der Waals surface area contributed by atoms with Gasteiger partial charge in [0.15, 0.2) is 0 Å². The highest BCUT2D eigenvalue weighted by molar-refractivity contribution is 7.89. The lowest BCUT2D eigenvalue weighted by molar-refractivity contribution is 0.419. The number of hydrogen-bond donors (Lipinski definition) is 2. The molecule has 0 aromatic heterocycles. The smallest absolute Gasteiger partial charge is 0.213 e. The summed E-state index contributed by atoms with van der Waals surface area (Å²) in [5, 5.41) is 3.28. The maximum absolute atomic E-state index is 12.0. The van der Waals surface area contributed by atoms with Crippen molar-refractivity contribution in [2.45, 2.75) is 44.6 Å².